The van der Waals surface area contributed by atoms with E-state index in [-0.39, 0.29) is 5.56 Å². The highest BCUT2D eigenvalue weighted by Crippen LogP contribution is 2.29. The predicted molar refractivity (Wildman–Crippen MR) is 58.7 cm³/mol. The van der Waals surface area contributed by atoms with Gasteiger partial charge in [-0.1, -0.05) is 6.07 Å². The molecule has 0 saturated heterocycles. The van der Waals surface area contributed by atoms with E-state index in [1.165, 1.54) is 11.8 Å². The van der Waals surface area contributed by atoms with Crippen molar-refractivity contribution in [2.75, 3.05) is 6.54 Å². The Morgan fingerprint density at radius 2 is 2.12 bits per heavy atom. The SMILES string of the molecule is FC(F)c1ccc2[nH]c3c(c2c1)CNCC3. The number of H-pyrrole nitrogens is 1. The van der Waals surface area contributed by atoms with Crippen LogP contribution in [0.2, 0.25) is 0 Å². The first-order chi connectivity index (χ1) is 7.75. The van der Waals surface area contributed by atoms with Gasteiger partial charge in [0.1, 0.15) is 0 Å². The first kappa shape index (κ1) is 9.78. The van der Waals surface area contributed by atoms with E-state index in [0.717, 1.165) is 36.0 Å². The van der Waals surface area contributed by atoms with Crippen molar-refractivity contribution in [3.8, 4) is 0 Å². The predicted octanol–water partition coefficient (Wildman–Crippen LogP) is 2.75. The highest BCUT2D eigenvalue weighted by atomic mass is 19.3. The zero-order chi connectivity index (χ0) is 11.1. The number of alkyl halides is 2. The van der Waals surface area contributed by atoms with E-state index in [1.54, 1.807) is 12.1 Å². The Morgan fingerprint density at radius 1 is 1.25 bits per heavy atom. The molecule has 0 spiro atoms. The molecule has 1 aromatic heterocycles. The average Bonchev–Trinajstić information content (AvgIpc) is 2.66. The molecule has 0 radical (unpaired) electrons. The van der Waals surface area contributed by atoms with Crippen LogP contribution in [0.5, 0.6) is 0 Å². The van der Waals surface area contributed by atoms with Crippen LogP contribution in [0.25, 0.3) is 10.9 Å². The Labute approximate surface area is 91.7 Å². The topological polar surface area (TPSA) is 27.8 Å². The summed E-state index contributed by atoms with van der Waals surface area (Å²) in [6.45, 7) is 1.71. The second-order valence-corrected chi connectivity index (χ2v) is 4.11. The Bertz CT molecular complexity index is 531. The largest absolute Gasteiger partial charge is 0.358 e. The van der Waals surface area contributed by atoms with Gasteiger partial charge in [-0.3, -0.25) is 0 Å². The second kappa shape index (κ2) is 3.56. The molecule has 0 fully saturated rings. The lowest BCUT2D eigenvalue weighted by atomic mass is 10.0. The number of fused-ring (bicyclic) bond motifs is 3. The zero-order valence-electron chi connectivity index (χ0n) is 8.69. The minimum absolute atomic E-state index is 0.0971. The van der Waals surface area contributed by atoms with Gasteiger partial charge in [0, 0.05) is 41.7 Å². The van der Waals surface area contributed by atoms with E-state index < -0.39 is 6.43 Å². The molecule has 1 aliphatic rings. The van der Waals surface area contributed by atoms with Crippen LogP contribution in [0.4, 0.5) is 8.78 Å². The van der Waals surface area contributed by atoms with Crippen LogP contribution in [0.3, 0.4) is 0 Å². The molecule has 84 valence electrons. The van der Waals surface area contributed by atoms with Crippen LogP contribution in [-0.2, 0) is 13.0 Å². The van der Waals surface area contributed by atoms with Gasteiger partial charge in [-0.25, -0.2) is 8.78 Å². The summed E-state index contributed by atoms with van der Waals surface area (Å²) in [6, 6.07) is 4.83. The van der Waals surface area contributed by atoms with E-state index in [9.17, 15) is 8.78 Å². The van der Waals surface area contributed by atoms with Gasteiger partial charge >= 0.3 is 0 Å². The first-order valence-corrected chi connectivity index (χ1v) is 5.38. The van der Waals surface area contributed by atoms with Crippen molar-refractivity contribution in [2.24, 2.45) is 0 Å². The molecule has 2 heterocycles. The third-order valence-corrected chi connectivity index (χ3v) is 3.12. The molecule has 4 heteroatoms. The number of hydrogen-bond acceptors (Lipinski definition) is 1. The van der Waals surface area contributed by atoms with Gasteiger partial charge in [0.25, 0.3) is 6.43 Å². The van der Waals surface area contributed by atoms with E-state index in [2.05, 4.69) is 10.3 Å². The van der Waals surface area contributed by atoms with Gasteiger partial charge in [-0.05, 0) is 17.7 Å². The van der Waals surface area contributed by atoms with Crippen molar-refractivity contribution in [2.45, 2.75) is 19.4 Å². The highest BCUT2D eigenvalue weighted by molar-refractivity contribution is 5.85. The molecule has 0 atom stereocenters. The summed E-state index contributed by atoms with van der Waals surface area (Å²) in [4.78, 5) is 3.30. The summed E-state index contributed by atoms with van der Waals surface area (Å²) < 4.78 is 25.2. The zero-order valence-corrected chi connectivity index (χ0v) is 8.69. The van der Waals surface area contributed by atoms with Crippen molar-refractivity contribution in [3.05, 3.63) is 35.0 Å². The summed E-state index contributed by atoms with van der Waals surface area (Å²) in [5, 5.41) is 4.19. The first-order valence-electron chi connectivity index (χ1n) is 5.38. The van der Waals surface area contributed by atoms with Crippen LogP contribution in [0, 0.1) is 0 Å². The molecule has 1 aromatic carbocycles. The van der Waals surface area contributed by atoms with Crippen molar-refractivity contribution in [1.82, 2.24) is 10.3 Å². The van der Waals surface area contributed by atoms with Crippen molar-refractivity contribution in [1.29, 1.82) is 0 Å². The fourth-order valence-electron chi connectivity index (χ4n) is 2.30. The third kappa shape index (κ3) is 1.41. The van der Waals surface area contributed by atoms with Crippen molar-refractivity contribution in [3.63, 3.8) is 0 Å². The van der Waals surface area contributed by atoms with Crippen molar-refractivity contribution < 1.29 is 8.78 Å². The fraction of sp³-hybridized carbons (Fsp3) is 0.333. The van der Waals surface area contributed by atoms with Gasteiger partial charge < -0.3 is 10.3 Å². The Hall–Kier alpha value is -1.42. The molecule has 0 aliphatic carbocycles. The van der Waals surface area contributed by atoms with Gasteiger partial charge in [0.05, 0.1) is 0 Å². The lowest BCUT2D eigenvalue weighted by Crippen LogP contribution is -2.22. The molecule has 0 unspecified atom stereocenters. The van der Waals surface area contributed by atoms with E-state index in [1.807, 2.05) is 0 Å². The van der Waals surface area contributed by atoms with E-state index in [4.69, 9.17) is 0 Å². The van der Waals surface area contributed by atoms with E-state index >= 15 is 0 Å². The fourth-order valence-corrected chi connectivity index (χ4v) is 2.30. The third-order valence-electron chi connectivity index (χ3n) is 3.12. The number of hydrogen-bond donors (Lipinski definition) is 2. The number of halogens is 2. The van der Waals surface area contributed by atoms with Gasteiger partial charge in [0.2, 0.25) is 0 Å². The molecular formula is C12H12F2N2. The smallest absolute Gasteiger partial charge is 0.263 e. The molecule has 2 nitrogen and oxygen atoms in total. The molecule has 3 rings (SSSR count). The minimum Gasteiger partial charge on any atom is -0.358 e. The summed E-state index contributed by atoms with van der Waals surface area (Å²) in [5.41, 5.74) is 3.38. The molecule has 1 aliphatic heterocycles. The summed E-state index contributed by atoms with van der Waals surface area (Å²) >= 11 is 0. The molecule has 2 aromatic rings. The molecule has 0 bridgehead atoms. The van der Waals surface area contributed by atoms with Gasteiger partial charge in [0.15, 0.2) is 0 Å². The monoisotopic (exact) mass is 222 g/mol. The summed E-state index contributed by atoms with van der Waals surface area (Å²) in [7, 11) is 0. The number of aromatic amines is 1. The maximum Gasteiger partial charge on any atom is 0.263 e. The molecule has 2 N–H and O–H groups in total. The van der Waals surface area contributed by atoms with Crippen LogP contribution in [0.15, 0.2) is 18.2 Å². The quantitative estimate of drug-likeness (QED) is 0.762. The molecule has 0 saturated carbocycles. The Morgan fingerprint density at radius 3 is 2.94 bits per heavy atom. The Kier molecular flexibility index (Phi) is 2.17. The van der Waals surface area contributed by atoms with E-state index in [0.29, 0.717) is 0 Å². The van der Waals surface area contributed by atoms with Crippen LogP contribution >= 0.6 is 0 Å². The maximum atomic E-state index is 12.6. The number of benzene rings is 1. The molecule has 16 heavy (non-hydrogen) atoms. The lowest BCUT2D eigenvalue weighted by Gasteiger charge is -2.12. The van der Waals surface area contributed by atoms with Crippen LogP contribution in [0.1, 0.15) is 23.2 Å². The maximum absolute atomic E-state index is 12.6. The highest BCUT2D eigenvalue weighted by Gasteiger charge is 2.16. The van der Waals surface area contributed by atoms with Crippen LogP contribution < -0.4 is 5.32 Å². The number of rotatable bonds is 1. The summed E-state index contributed by atoms with van der Waals surface area (Å²) in [6.07, 6.45) is -1.46. The average molecular weight is 222 g/mol. The standard InChI is InChI=1S/C12H12F2N2/c13-12(14)7-1-2-10-8(5-7)9-6-15-4-3-11(9)16-10/h1-2,5,12,15-16H,3-4,6H2. The Balaban J connectivity index is 2.21. The normalized spacial score (nSPS) is 15.7. The second-order valence-electron chi connectivity index (χ2n) is 4.11. The number of aromatic nitrogens is 1. The van der Waals surface area contributed by atoms with Gasteiger partial charge in [-0.2, -0.15) is 0 Å². The van der Waals surface area contributed by atoms with Crippen molar-refractivity contribution >= 4 is 10.9 Å². The van der Waals surface area contributed by atoms with Gasteiger partial charge in [-0.15, -0.1) is 0 Å². The number of nitrogens with one attached hydrogen (secondary N) is 2. The molecule has 0 amide bonds. The minimum atomic E-state index is -2.40. The lowest BCUT2D eigenvalue weighted by molar-refractivity contribution is 0.151. The summed E-state index contributed by atoms with van der Waals surface area (Å²) in [5.74, 6) is 0. The van der Waals surface area contributed by atoms with Crippen LogP contribution in [-0.4, -0.2) is 11.5 Å². The molecular weight excluding hydrogens is 210 g/mol.